The van der Waals surface area contributed by atoms with Crippen molar-refractivity contribution >= 4 is 41.1 Å². The minimum absolute atomic E-state index is 0.520. The van der Waals surface area contributed by atoms with E-state index in [0.29, 0.717) is 17.4 Å². The molecule has 0 aliphatic heterocycles. The van der Waals surface area contributed by atoms with Gasteiger partial charge in [0.15, 0.2) is 0 Å². The second-order valence-corrected chi connectivity index (χ2v) is 3.87. The summed E-state index contributed by atoms with van der Waals surface area (Å²) in [5.41, 5.74) is 1.17. The minimum atomic E-state index is 0.520. The third-order valence-corrected chi connectivity index (χ3v) is 1.85. The van der Waals surface area contributed by atoms with Crippen LogP contribution in [0.15, 0.2) is 30.3 Å². The fourth-order valence-corrected chi connectivity index (χ4v) is 1.08. The molecular formula is C10H13ClOS2. The Morgan fingerprint density at radius 1 is 1.43 bits per heavy atom. The average molecular weight is 249 g/mol. The van der Waals surface area contributed by atoms with Crippen LogP contribution in [0.1, 0.15) is 12.5 Å². The van der Waals surface area contributed by atoms with Crippen molar-refractivity contribution in [2.45, 2.75) is 13.3 Å². The highest BCUT2D eigenvalue weighted by molar-refractivity contribution is 7.83. The Labute approximate surface area is 101 Å². The molecule has 0 heterocycles. The lowest BCUT2D eigenvalue weighted by Crippen LogP contribution is -1.88. The van der Waals surface area contributed by atoms with E-state index in [4.69, 9.17) is 23.8 Å². The molecule has 0 bridgehead atoms. The molecule has 0 spiro atoms. The van der Waals surface area contributed by atoms with Gasteiger partial charge in [0, 0.05) is 6.42 Å². The Kier molecular flexibility index (Phi) is 9.40. The lowest BCUT2D eigenvalue weighted by Gasteiger charge is -1.94. The summed E-state index contributed by atoms with van der Waals surface area (Å²) in [7, 11) is 0. The van der Waals surface area contributed by atoms with E-state index in [-0.39, 0.29) is 0 Å². The van der Waals surface area contributed by atoms with Gasteiger partial charge in [-0.15, -0.1) is 0 Å². The molecule has 0 N–H and O–H groups in total. The predicted molar refractivity (Wildman–Crippen MR) is 69.2 cm³/mol. The van der Waals surface area contributed by atoms with Crippen molar-refractivity contribution in [2.75, 3.05) is 6.61 Å². The molecule has 14 heavy (non-hydrogen) atoms. The Morgan fingerprint density at radius 2 is 1.93 bits per heavy atom. The molecule has 1 aromatic carbocycles. The molecule has 0 aromatic heterocycles. The third kappa shape index (κ3) is 8.51. The molecular weight excluding hydrogens is 236 g/mol. The van der Waals surface area contributed by atoms with E-state index < -0.39 is 0 Å². The van der Waals surface area contributed by atoms with Crippen molar-refractivity contribution in [3.8, 4) is 0 Å². The van der Waals surface area contributed by atoms with Crippen LogP contribution in [0.3, 0.4) is 0 Å². The van der Waals surface area contributed by atoms with Crippen LogP contribution in [-0.2, 0) is 10.6 Å². The van der Waals surface area contributed by atoms with Crippen molar-refractivity contribution in [1.29, 1.82) is 0 Å². The first kappa shape index (κ1) is 13.9. The summed E-state index contributed by atoms with van der Waals surface area (Å²) in [5, 5.41) is 0. The predicted octanol–water partition coefficient (Wildman–Crippen LogP) is 3.66. The van der Waals surface area contributed by atoms with Gasteiger partial charge in [-0.3, -0.25) is 0 Å². The van der Waals surface area contributed by atoms with Gasteiger partial charge in [-0.25, -0.2) is 0 Å². The highest BCUT2D eigenvalue weighted by Crippen LogP contribution is 2.02. The van der Waals surface area contributed by atoms with Crippen molar-refractivity contribution in [1.82, 2.24) is 0 Å². The monoisotopic (exact) mass is 248 g/mol. The van der Waals surface area contributed by atoms with Crippen molar-refractivity contribution < 1.29 is 4.18 Å². The van der Waals surface area contributed by atoms with Gasteiger partial charge < -0.3 is 4.18 Å². The van der Waals surface area contributed by atoms with Gasteiger partial charge in [0.25, 0.3) is 0 Å². The molecule has 0 saturated heterocycles. The molecule has 1 aromatic rings. The topological polar surface area (TPSA) is 9.23 Å². The minimum Gasteiger partial charge on any atom is -0.319 e. The summed E-state index contributed by atoms with van der Waals surface area (Å²) in [6.07, 6.45) is 0.692. The van der Waals surface area contributed by atoms with Crippen LogP contribution in [0.25, 0.3) is 0 Å². The standard InChI is InChI=1S/C8H7ClS.C2H6OS/c9-8(10)6-7-4-2-1-3-5-7;1-2-3-4/h1-5H,6H2;4H,2H2,1H3. The zero-order valence-corrected chi connectivity index (χ0v) is 10.4. The number of halogens is 1. The van der Waals surface area contributed by atoms with Crippen LogP contribution in [-0.4, -0.2) is 10.9 Å². The number of thiocarbonyl (C=S) groups is 1. The molecule has 0 aliphatic rings. The van der Waals surface area contributed by atoms with Crippen LogP contribution in [0.4, 0.5) is 0 Å². The van der Waals surface area contributed by atoms with Gasteiger partial charge >= 0.3 is 0 Å². The maximum atomic E-state index is 5.54. The number of hydrogen-bond acceptors (Lipinski definition) is 3. The van der Waals surface area contributed by atoms with E-state index in [9.17, 15) is 0 Å². The highest BCUT2D eigenvalue weighted by atomic mass is 35.5. The average Bonchev–Trinajstić information content (AvgIpc) is 2.19. The molecule has 0 aliphatic carbocycles. The van der Waals surface area contributed by atoms with Gasteiger partial charge in [0.1, 0.15) is 0 Å². The summed E-state index contributed by atoms with van der Waals surface area (Å²) in [5.74, 6) is 0. The van der Waals surface area contributed by atoms with Gasteiger partial charge in [-0.05, 0) is 25.4 Å². The molecule has 0 saturated carbocycles. The summed E-state index contributed by atoms with van der Waals surface area (Å²) in [4.78, 5) is 0. The van der Waals surface area contributed by atoms with Gasteiger partial charge in [-0.2, -0.15) is 0 Å². The third-order valence-electron chi connectivity index (χ3n) is 1.32. The van der Waals surface area contributed by atoms with E-state index in [1.807, 2.05) is 37.3 Å². The SMILES string of the molecule is CCOS.S=C(Cl)Cc1ccccc1. The van der Waals surface area contributed by atoms with E-state index in [2.05, 4.69) is 17.1 Å². The molecule has 1 rings (SSSR count). The smallest absolute Gasteiger partial charge is 0.0852 e. The maximum Gasteiger partial charge on any atom is 0.0852 e. The summed E-state index contributed by atoms with van der Waals surface area (Å²) in [6, 6.07) is 9.94. The second-order valence-electron chi connectivity index (χ2n) is 2.44. The maximum absolute atomic E-state index is 5.54. The molecule has 0 amide bonds. The molecule has 4 heteroatoms. The molecule has 1 nitrogen and oxygen atoms in total. The fourth-order valence-electron chi connectivity index (χ4n) is 0.756. The molecule has 0 fully saturated rings. The van der Waals surface area contributed by atoms with E-state index >= 15 is 0 Å². The zero-order valence-electron chi connectivity index (χ0n) is 7.94. The van der Waals surface area contributed by atoms with Crippen molar-refractivity contribution in [3.63, 3.8) is 0 Å². The molecule has 0 radical (unpaired) electrons. The van der Waals surface area contributed by atoms with E-state index in [1.165, 1.54) is 5.56 Å². The quantitative estimate of drug-likeness (QED) is 0.378. The zero-order chi connectivity index (χ0) is 10.8. The lowest BCUT2D eigenvalue weighted by atomic mass is 10.2. The first-order valence-electron chi connectivity index (χ1n) is 4.19. The van der Waals surface area contributed by atoms with Crippen LogP contribution < -0.4 is 0 Å². The molecule has 0 unspecified atom stereocenters. The fraction of sp³-hybridized carbons (Fsp3) is 0.300. The van der Waals surface area contributed by atoms with Crippen molar-refractivity contribution in [2.24, 2.45) is 0 Å². The Balaban J connectivity index is 0.000000364. The van der Waals surface area contributed by atoms with Gasteiger partial charge in [-0.1, -0.05) is 54.2 Å². The molecule has 78 valence electrons. The number of rotatable bonds is 3. The highest BCUT2D eigenvalue weighted by Gasteiger charge is 1.92. The van der Waals surface area contributed by atoms with Crippen LogP contribution in [0.5, 0.6) is 0 Å². The van der Waals surface area contributed by atoms with Crippen LogP contribution >= 0.6 is 36.7 Å². The van der Waals surface area contributed by atoms with Gasteiger partial charge in [0.2, 0.25) is 0 Å². The van der Waals surface area contributed by atoms with Gasteiger partial charge in [0.05, 0.1) is 10.9 Å². The van der Waals surface area contributed by atoms with Crippen LogP contribution in [0.2, 0.25) is 0 Å². The summed E-state index contributed by atoms with van der Waals surface area (Å²) < 4.78 is 4.76. The summed E-state index contributed by atoms with van der Waals surface area (Å²) >= 11 is 13.7. The van der Waals surface area contributed by atoms with E-state index in [0.717, 1.165) is 0 Å². The normalized spacial score (nSPS) is 8.79. The molecule has 0 atom stereocenters. The first-order valence-corrected chi connectivity index (χ1v) is 5.34. The largest absolute Gasteiger partial charge is 0.319 e. The van der Waals surface area contributed by atoms with E-state index in [1.54, 1.807) is 0 Å². The Bertz CT molecular complexity index is 250. The summed E-state index contributed by atoms with van der Waals surface area (Å²) in [6.45, 7) is 2.57. The lowest BCUT2D eigenvalue weighted by molar-refractivity contribution is 0.410. The first-order chi connectivity index (χ1) is 6.70. The number of hydrogen-bond donors (Lipinski definition) is 1. The second kappa shape index (κ2) is 9.46. The number of benzene rings is 1. The van der Waals surface area contributed by atoms with Crippen molar-refractivity contribution in [3.05, 3.63) is 35.9 Å². The van der Waals surface area contributed by atoms with Crippen LogP contribution in [0, 0.1) is 0 Å². The Hall–Kier alpha value is -0.0900. The number of thiol groups is 1. The Morgan fingerprint density at radius 3 is 2.29 bits per heavy atom.